The van der Waals surface area contributed by atoms with Crippen LogP contribution in [-0.4, -0.2) is 16.2 Å². The molecule has 0 saturated carbocycles. The molecule has 1 aromatic heterocycles. The van der Waals surface area contributed by atoms with Crippen LogP contribution in [0.25, 0.3) is 0 Å². The van der Waals surface area contributed by atoms with Crippen molar-refractivity contribution in [3.8, 4) is 0 Å². The summed E-state index contributed by atoms with van der Waals surface area (Å²) in [5.41, 5.74) is 3.18. The van der Waals surface area contributed by atoms with Gasteiger partial charge in [0.05, 0.1) is 6.21 Å². The first-order valence-corrected chi connectivity index (χ1v) is 5.27. The Hall–Kier alpha value is -2.50. The first-order chi connectivity index (χ1) is 8.65. The van der Waals surface area contributed by atoms with Gasteiger partial charge in [-0.15, -0.1) is 0 Å². The van der Waals surface area contributed by atoms with Gasteiger partial charge >= 0.3 is 0 Å². The van der Waals surface area contributed by atoms with Gasteiger partial charge in [0.25, 0.3) is 5.56 Å². The molecule has 0 aliphatic rings. The van der Waals surface area contributed by atoms with E-state index in [2.05, 4.69) is 20.5 Å². The van der Waals surface area contributed by atoms with E-state index in [-0.39, 0.29) is 17.3 Å². The zero-order valence-electron chi connectivity index (χ0n) is 9.64. The highest BCUT2D eigenvalue weighted by Gasteiger charge is 1.97. The van der Waals surface area contributed by atoms with E-state index in [0.717, 1.165) is 0 Å². The van der Waals surface area contributed by atoms with E-state index in [4.69, 9.17) is 0 Å². The van der Waals surface area contributed by atoms with Crippen LogP contribution in [0.4, 0.5) is 10.3 Å². The zero-order valence-corrected chi connectivity index (χ0v) is 9.64. The number of benzene rings is 1. The van der Waals surface area contributed by atoms with Crippen molar-refractivity contribution >= 4 is 12.2 Å². The van der Waals surface area contributed by atoms with Gasteiger partial charge in [-0.3, -0.25) is 9.78 Å². The lowest BCUT2D eigenvalue weighted by molar-refractivity contribution is 0.626. The first kappa shape index (κ1) is 12.0. The number of anilines is 1. The van der Waals surface area contributed by atoms with Crippen molar-refractivity contribution in [2.45, 2.75) is 6.92 Å². The molecule has 0 fully saturated rings. The number of aromatic amines is 1. The third-order valence-electron chi connectivity index (χ3n) is 2.15. The molecule has 2 rings (SSSR count). The number of hydrogen-bond donors (Lipinski definition) is 2. The Labute approximate surface area is 102 Å². The van der Waals surface area contributed by atoms with Crippen LogP contribution in [0.1, 0.15) is 11.3 Å². The lowest BCUT2D eigenvalue weighted by Gasteiger charge is -1.99. The minimum absolute atomic E-state index is 0.215. The van der Waals surface area contributed by atoms with Crippen molar-refractivity contribution in [1.82, 2.24) is 9.97 Å². The van der Waals surface area contributed by atoms with Crippen molar-refractivity contribution in [2.24, 2.45) is 5.10 Å². The van der Waals surface area contributed by atoms with Gasteiger partial charge in [-0.05, 0) is 13.0 Å². The smallest absolute Gasteiger partial charge is 0.252 e. The molecule has 1 heterocycles. The van der Waals surface area contributed by atoms with E-state index in [0.29, 0.717) is 11.3 Å². The Bertz CT molecular complexity index is 636. The number of halogens is 1. The maximum Gasteiger partial charge on any atom is 0.252 e. The molecule has 0 unspecified atom stereocenters. The van der Waals surface area contributed by atoms with Crippen molar-refractivity contribution in [3.63, 3.8) is 0 Å². The SMILES string of the molecule is Cc1cc(=O)[nH]c(NN=Cc2ccccc2F)n1. The second kappa shape index (κ2) is 5.22. The zero-order chi connectivity index (χ0) is 13.0. The molecule has 0 aliphatic carbocycles. The number of nitrogens with zero attached hydrogens (tertiary/aromatic N) is 2. The van der Waals surface area contributed by atoms with Gasteiger partial charge in [0.15, 0.2) is 0 Å². The largest absolute Gasteiger partial charge is 0.291 e. The van der Waals surface area contributed by atoms with E-state index in [9.17, 15) is 9.18 Å². The Balaban J connectivity index is 2.12. The van der Waals surface area contributed by atoms with Crippen LogP contribution in [0.15, 0.2) is 40.2 Å². The maximum absolute atomic E-state index is 13.3. The fourth-order valence-electron chi connectivity index (χ4n) is 1.37. The van der Waals surface area contributed by atoms with Crippen LogP contribution in [0.3, 0.4) is 0 Å². The third-order valence-corrected chi connectivity index (χ3v) is 2.15. The molecule has 0 aliphatic heterocycles. The summed E-state index contributed by atoms with van der Waals surface area (Å²) in [6.07, 6.45) is 1.32. The lowest BCUT2D eigenvalue weighted by atomic mass is 10.2. The Morgan fingerprint density at radius 2 is 2.22 bits per heavy atom. The van der Waals surface area contributed by atoms with Gasteiger partial charge in [0.2, 0.25) is 5.95 Å². The van der Waals surface area contributed by atoms with Gasteiger partial charge in [0, 0.05) is 17.3 Å². The summed E-state index contributed by atoms with van der Waals surface area (Å²) in [7, 11) is 0. The fraction of sp³-hybridized carbons (Fsp3) is 0.0833. The summed E-state index contributed by atoms with van der Waals surface area (Å²) < 4.78 is 13.3. The van der Waals surface area contributed by atoms with Crippen LogP contribution in [-0.2, 0) is 0 Å². The van der Waals surface area contributed by atoms with Gasteiger partial charge in [-0.25, -0.2) is 14.8 Å². The lowest BCUT2D eigenvalue weighted by Crippen LogP contribution is -2.10. The summed E-state index contributed by atoms with van der Waals surface area (Å²) in [4.78, 5) is 17.6. The minimum Gasteiger partial charge on any atom is -0.291 e. The molecule has 0 bridgehead atoms. The van der Waals surface area contributed by atoms with Crippen molar-refractivity contribution in [1.29, 1.82) is 0 Å². The molecule has 6 heteroatoms. The maximum atomic E-state index is 13.3. The van der Waals surface area contributed by atoms with E-state index in [1.807, 2.05) is 0 Å². The highest BCUT2D eigenvalue weighted by molar-refractivity contribution is 5.80. The normalized spacial score (nSPS) is 10.8. The van der Waals surface area contributed by atoms with Crippen LogP contribution in [0.5, 0.6) is 0 Å². The Morgan fingerprint density at radius 3 is 2.94 bits per heavy atom. The molecule has 0 radical (unpaired) electrons. The summed E-state index contributed by atoms with van der Waals surface area (Å²) in [6, 6.07) is 7.60. The second-order valence-corrected chi connectivity index (χ2v) is 3.63. The predicted molar refractivity (Wildman–Crippen MR) is 67.2 cm³/mol. The predicted octanol–water partition coefficient (Wildman–Crippen LogP) is 1.66. The van der Waals surface area contributed by atoms with Crippen LogP contribution >= 0.6 is 0 Å². The van der Waals surface area contributed by atoms with Crippen molar-refractivity contribution in [3.05, 3.63) is 57.8 Å². The topological polar surface area (TPSA) is 70.1 Å². The average molecular weight is 246 g/mol. The van der Waals surface area contributed by atoms with Crippen molar-refractivity contribution in [2.75, 3.05) is 5.43 Å². The van der Waals surface area contributed by atoms with Crippen LogP contribution < -0.4 is 11.0 Å². The number of nitrogens with one attached hydrogen (secondary N) is 2. The van der Waals surface area contributed by atoms with Gasteiger partial charge in [-0.1, -0.05) is 18.2 Å². The molecule has 0 saturated heterocycles. The first-order valence-electron chi connectivity index (χ1n) is 5.27. The van der Waals surface area contributed by atoms with E-state index < -0.39 is 0 Å². The summed E-state index contributed by atoms with van der Waals surface area (Å²) >= 11 is 0. The van der Waals surface area contributed by atoms with Gasteiger partial charge < -0.3 is 0 Å². The minimum atomic E-state index is -0.367. The highest BCUT2D eigenvalue weighted by atomic mass is 19.1. The number of hydrazone groups is 1. The molecule has 2 aromatic rings. The molecule has 18 heavy (non-hydrogen) atoms. The molecule has 1 aromatic carbocycles. The van der Waals surface area contributed by atoms with E-state index >= 15 is 0 Å². The molecule has 0 amide bonds. The Kier molecular flexibility index (Phi) is 3.47. The van der Waals surface area contributed by atoms with Gasteiger partial charge in [-0.2, -0.15) is 5.10 Å². The molecular weight excluding hydrogens is 235 g/mol. The summed E-state index contributed by atoms with van der Waals surface area (Å²) in [6.45, 7) is 1.70. The summed E-state index contributed by atoms with van der Waals surface area (Å²) in [5, 5.41) is 3.81. The van der Waals surface area contributed by atoms with Crippen molar-refractivity contribution < 1.29 is 4.39 Å². The van der Waals surface area contributed by atoms with E-state index in [1.165, 1.54) is 18.3 Å². The summed E-state index contributed by atoms with van der Waals surface area (Å²) in [5.74, 6) is -0.152. The number of aryl methyl sites for hydroxylation is 1. The fourth-order valence-corrected chi connectivity index (χ4v) is 1.37. The molecule has 2 N–H and O–H groups in total. The standard InChI is InChI=1S/C12H11FN4O/c1-8-6-11(18)16-12(15-8)17-14-7-9-4-2-3-5-10(9)13/h2-7H,1H3,(H2,15,16,17,18). The van der Waals surface area contributed by atoms with Crippen LogP contribution in [0, 0.1) is 12.7 Å². The number of rotatable bonds is 3. The quantitative estimate of drug-likeness (QED) is 0.639. The molecule has 92 valence electrons. The number of hydrogen-bond acceptors (Lipinski definition) is 4. The number of aromatic nitrogens is 2. The molecule has 0 atom stereocenters. The average Bonchev–Trinajstić information content (AvgIpc) is 2.30. The van der Waals surface area contributed by atoms with Crippen LogP contribution in [0.2, 0.25) is 0 Å². The highest BCUT2D eigenvalue weighted by Crippen LogP contribution is 2.03. The second-order valence-electron chi connectivity index (χ2n) is 3.63. The van der Waals surface area contributed by atoms with E-state index in [1.54, 1.807) is 25.1 Å². The van der Waals surface area contributed by atoms with Gasteiger partial charge in [0.1, 0.15) is 5.82 Å². The third kappa shape index (κ3) is 3.00. The Morgan fingerprint density at radius 1 is 1.44 bits per heavy atom. The molecular formula is C12H11FN4O. The molecule has 5 nitrogen and oxygen atoms in total. The monoisotopic (exact) mass is 246 g/mol. The number of H-pyrrole nitrogens is 1. The molecule has 0 spiro atoms.